The maximum absolute atomic E-state index is 3.38. The zero-order chi connectivity index (χ0) is 43.4. The smallest absolute Gasteiger partial charge is 0.0464 e. The number of hydrogen-bond acceptors (Lipinski definition) is 0. The van der Waals surface area contributed by atoms with Gasteiger partial charge in [0.25, 0.3) is 0 Å². The average Bonchev–Trinajstić information content (AvgIpc) is 4.21. The van der Waals surface area contributed by atoms with Gasteiger partial charge in [-0.2, -0.15) is 0 Å². The van der Waals surface area contributed by atoms with Crippen molar-refractivity contribution >= 4 is 21.8 Å². The summed E-state index contributed by atoms with van der Waals surface area (Å²) in [6.45, 7) is 0. The monoisotopic (exact) mass is 831 g/mol. The third-order valence-corrected chi connectivity index (χ3v) is 13.2. The normalized spacial score (nSPS) is 12.1. The predicted molar refractivity (Wildman–Crippen MR) is 275 cm³/mol. The Hall–Kier alpha value is -8.00. The van der Waals surface area contributed by atoms with Crippen LogP contribution in [0.3, 0.4) is 0 Å². The second kappa shape index (κ2) is 18.0. The van der Waals surface area contributed by atoms with Crippen molar-refractivity contribution in [2.75, 3.05) is 0 Å². The lowest BCUT2D eigenvalue weighted by Crippen LogP contribution is -1.77. The number of H-pyrrole nitrogens is 1. The molecule has 4 aliphatic carbocycles. The van der Waals surface area contributed by atoms with Crippen LogP contribution in [-0.2, 0) is 25.7 Å². The molecule has 1 aromatic heterocycles. The Morgan fingerprint density at radius 1 is 0.185 bits per heavy atom. The van der Waals surface area contributed by atoms with Crippen LogP contribution in [0.15, 0.2) is 243 Å². The Balaban J connectivity index is 0.0000000901. The lowest BCUT2D eigenvalue weighted by molar-refractivity contribution is 1.26. The first-order chi connectivity index (χ1) is 32.2. The molecular weight excluding hydrogens is 783 g/mol. The largest absolute Gasteiger partial charge is 0.355 e. The summed E-state index contributed by atoms with van der Waals surface area (Å²) in [5.74, 6) is 0. The van der Waals surface area contributed by atoms with Crippen molar-refractivity contribution in [1.82, 2.24) is 4.98 Å². The van der Waals surface area contributed by atoms with Crippen molar-refractivity contribution in [2.45, 2.75) is 25.7 Å². The molecule has 1 N–H and O–H groups in total. The third kappa shape index (κ3) is 8.10. The van der Waals surface area contributed by atoms with Crippen molar-refractivity contribution in [3.05, 3.63) is 287 Å². The molecule has 0 saturated heterocycles. The second-order valence-corrected chi connectivity index (χ2v) is 17.2. The molecule has 0 saturated carbocycles. The van der Waals surface area contributed by atoms with Crippen LogP contribution in [0.4, 0.5) is 0 Å². The molecule has 0 radical (unpaired) electrons. The molecular formula is C64H49N. The maximum Gasteiger partial charge on any atom is 0.0464 e. The summed E-state index contributed by atoms with van der Waals surface area (Å²) in [4.78, 5) is 3.38. The van der Waals surface area contributed by atoms with E-state index in [-0.39, 0.29) is 0 Å². The van der Waals surface area contributed by atoms with Crippen molar-refractivity contribution < 1.29 is 0 Å². The van der Waals surface area contributed by atoms with Gasteiger partial charge in [-0.3, -0.25) is 0 Å². The lowest BCUT2D eigenvalue weighted by atomic mass is 10.1. The van der Waals surface area contributed by atoms with Crippen molar-refractivity contribution in [3.63, 3.8) is 0 Å². The second-order valence-electron chi connectivity index (χ2n) is 17.2. The molecule has 310 valence electrons. The summed E-state index contributed by atoms with van der Waals surface area (Å²) in [6, 6.07) is 86.0. The SMILES string of the molecule is c1ccc2c(c1)Cc1ccccc1-2.c1ccc2c(c1)Cc1ccccc1-2.c1ccc2c(c1)Cc1ccccc1-2.c1ccc2c(c1)Cc1ccccc1-2.c1ccc2c(c1)[nH]c1ccccc12. The molecule has 0 fully saturated rings. The van der Waals surface area contributed by atoms with Crippen LogP contribution in [0, 0.1) is 0 Å². The number of aromatic nitrogens is 1. The van der Waals surface area contributed by atoms with E-state index in [9.17, 15) is 0 Å². The molecule has 1 nitrogen and oxygen atoms in total. The van der Waals surface area contributed by atoms with Gasteiger partial charge >= 0.3 is 0 Å². The zero-order valence-corrected chi connectivity index (χ0v) is 36.4. The van der Waals surface area contributed by atoms with Crippen molar-refractivity contribution in [3.8, 4) is 44.5 Å². The number of para-hydroxylation sites is 2. The minimum atomic E-state index is 1.10. The number of hydrogen-bond donors (Lipinski definition) is 1. The molecule has 0 bridgehead atoms. The third-order valence-electron chi connectivity index (χ3n) is 13.2. The molecule has 0 unspecified atom stereocenters. The summed E-state index contributed by atoms with van der Waals surface area (Å²) in [5, 5.41) is 2.61. The van der Waals surface area contributed by atoms with Gasteiger partial charge in [-0.15, -0.1) is 0 Å². The summed E-state index contributed by atoms with van der Waals surface area (Å²) in [5.41, 5.74) is 25.4. The highest BCUT2D eigenvalue weighted by Crippen LogP contribution is 2.39. The predicted octanol–water partition coefficient (Wildman–Crippen LogP) is 16.4. The Morgan fingerprint density at radius 3 is 0.569 bits per heavy atom. The van der Waals surface area contributed by atoms with Crippen LogP contribution < -0.4 is 0 Å². The van der Waals surface area contributed by atoms with Gasteiger partial charge in [-0.25, -0.2) is 0 Å². The minimum absolute atomic E-state index is 1.10. The van der Waals surface area contributed by atoms with Crippen molar-refractivity contribution in [1.29, 1.82) is 0 Å². The maximum atomic E-state index is 3.38. The van der Waals surface area contributed by atoms with Gasteiger partial charge in [0.1, 0.15) is 0 Å². The topological polar surface area (TPSA) is 15.8 Å². The van der Waals surface area contributed by atoms with Gasteiger partial charge in [0.15, 0.2) is 0 Å². The van der Waals surface area contributed by atoms with Gasteiger partial charge in [0, 0.05) is 21.8 Å². The Bertz CT molecular complexity index is 2880. The Labute approximate surface area is 382 Å². The molecule has 1 heterocycles. The van der Waals surface area contributed by atoms with Crippen LogP contribution in [0.5, 0.6) is 0 Å². The van der Waals surface area contributed by atoms with Crippen molar-refractivity contribution in [2.24, 2.45) is 0 Å². The fraction of sp³-hybridized carbons (Fsp3) is 0.0625. The number of rotatable bonds is 0. The van der Waals surface area contributed by atoms with Crippen LogP contribution in [0.1, 0.15) is 44.5 Å². The van der Waals surface area contributed by atoms with Crippen LogP contribution in [0.25, 0.3) is 66.3 Å². The van der Waals surface area contributed by atoms with E-state index in [1.165, 1.54) is 111 Å². The average molecular weight is 832 g/mol. The van der Waals surface area contributed by atoms with E-state index in [1.54, 1.807) is 0 Å². The van der Waals surface area contributed by atoms with E-state index in [2.05, 4.69) is 248 Å². The highest BCUT2D eigenvalue weighted by molar-refractivity contribution is 6.07. The molecule has 11 aromatic rings. The van der Waals surface area contributed by atoms with Crippen LogP contribution in [-0.4, -0.2) is 4.98 Å². The molecule has 0 atom stereocenters. The van der Waals surface area contributed by atoms with E-state index in [1.807, 2.05) is 0 Å². The first-order valence-electron chi connectivity index (χ1n) is 22.9. The highest BCUT2D eigenvalue weighted by atomic mass is 14.7. The van der Waals surface area contributed by atoms with E-state index in [4.69, 9.17) is 0 Å². The molecule has 15 rings (SSSR count). The first kappa shape index (κ1) is 39.8. The summed E-state index contributed by atoms with van der Waals surface area (Å²) in [7, 11) is 0. The quantitative estimate of drug-likeness (QED) is 0.157. The molecule has 0 spiro atoms. The number of aromatic amines is 1. The molecule has 0 amide bonds. The minimum Gasteiger partial charge on any atom is -0.355 e. The number of benzene rings is 10. The summed E-state index contributed by atoms with van der Waals surface area (Å²) in [6.07, 6.45) is 4.41. The van der Waals surface area contributed by atoms with Crippen LogP contribution >= 0.6 is 0 Å². The van der Waals surface area contributed by atoms with Crippen LogP contribution in [0.2, 0.25) is 0 Å². The van der Waals surface area contributed by atoms with E-state index >= 15 is 0 Å². The lowest BCUT2D eigenvalue weighted by Gasteiger charge is -1.98. The first-order valence-corrected chi connectivity index (χ1v) is 22.9. The molecule has 0 aliphatic heterocycles. The van der Waals surface area contributed by atoms with Gasteiger partial charge in [-0.1, -0.05) is 231 Å². The fourth-order valence-corrected chi connectivity index (χ4v) is 10.1. The Kier molecular flexibility index (Phi) is 11.0. The van der Waals surface area contributed by atoms with Gasteiger partial charge in [0.05, 0.1) is 0 Å². The molecule has 4 aliphatic rings. The molecule has 65 heavy (non-hydrogen) atoms. The summed E-state index contributed by atoms with van der Waals surface area (Å²) < 4.78 is 0. The number of fused-ring (bicyclic) bond motifs is 15. The Morgan fingerprint density at radius 2 is 0.354 bits per heavy atom. The molecule has 10 aromatic carbocycles. The van der Waals surface area contributed by atoms with Gasteiger partial charge < -0.3 is 4.98 Å². The highest BCUT2D eigenvalue weighted by Gasteiger charge is 2.19. The van der Waals surface area contributed by atoms with E-state index in [0.717, 1.165) is 25.7 Å². The standard InChI is InChI=1S/4C13H10.C12H9N/c4*1-3-7-12-10(5-1)9-11-6-2-4-8-13(11)12;1-3-7-11-9(5-1)10-6-2-4-8-12(10)13-11/h4*1-8H,9H2;1-8,13H. The van der Waals surface area contributed by atoms with E-state index < -0.39 is 0 Å². The zero-order valence-electron chi connectivity index (χ0n) is 36.4. The molecule has 1 heteroatoms. The van der Waals surface area contributed by atoms with Gasteiger partial charge in [0.2, 0.25) is 0 Å². The fourth-order valence-electron chi connectivity index (χ4n) is 10.1. The van der Waals surface area contributed by atoms with Gasteiger partial charge in [-0.05, 0) is 127 Å². The van der Waals surface area contributed by atoms with E-state index in [0.29, 0.717) is 0 Å². The summed E-state index contributed by atoms with van der Waals surface area (Å²) >= 11 is 0. The number of nitrogens with one attached hydrogen (secondary N) is 1.